The largest absolute Gasteiger partial charge is 0.153 e. The number of rotatable bonds is 21. The summed E-state index contributed by atoms with van der Waals surface area (Å²) < 4.78 is 0. The Morgan fingerprint density at radius 3 is 1.18 bits per heavy atom. The van der Waals surface area contributed by atoms with Gasteiger partial charge in [-0.3, -0.25) is 0 Å². The van der Waals surface area contributed by atoms with E-state index in [2.05, 4.69) is 97.9 Å². The van der Waals surface area contributed by atoms with Crippen LogP contribution in [0, 0.1) is 0 Å². The highest BCUT2D eigenvalue weighted by Gasteiger charge is 2.40. The van der Waals surface area contributed by atoms with Crippen LogP contribution in [0.4, 0.5) is 0 Å². The van der Waals surface area contributed by atoms with E-state index in [9.17, 15) is 0 Å². The Labute approximate surface area is 255 Å². The maximum absolute atomic E-state index is 7.76. The molecule has 0 bridgehead atoms. The van der Waals surface area contributed by atoms with E-state index in [0.717, 1.165) is 6.42 Å². The van der Waals surface area contributed by atoms with Crippen LogP contribution < -0.4 is 0 Å². The first kappa shape index (κ1) is 34.6. The molecule has 0 aromatic heterocycles. The monoisotopic (exact) mass is 578 g/mol. The molecule has 0 aliphatic carbocycles. The van der Waals surface area contributed by atoms with Crippen molar-refractivity contribution in [2.75, 3.05) is 0 Å². The molecule has 220 valence electrons. The molecule has 2 unspecified atom stereocenters. The van der Waals surface area contributed by atoms with Crippen molar-refractivity contribution in [2.45, 2.75) is 127 Å². The minimum Gasteiger partial charge on any atom is -0.153 e. The van der Waals surface area contributed by atoms with E-state index < -0.39 is 4.87 Å². The first-order chi connectivity index (χ1) is 19.3. The maximum atomic E-state index is 7.76. The molecule has 0 N–H and O–H groups in total. The summed E-state index contributed by atoms with van der Waals surface area (Å²) in [5.74, 6) is 0.219. The van der Waals surface area contributed by atoms with E-state index in [1.165, 1.54) is 119 Å². The molecule has 0 heterocycles. The number of unbranched alkanes of at least 4 members (excludes halogenated alkanes) is 15. The molecule has 0 fully saturated rings. The predicted octanol–water partition coefficient (Wildman–Crippen LogP) is 12.7. The second kappa shape index (κ2) is 21.1. The number of hydrogen-bond acceptors (Lipinski definition) is 0. The minimum absolute atomic E-state index is 0. The lowest BCUT2D eigenvalue weighted by molar-refractivity contribution is 0.470. The molecule has 2 heteroatoms. The highest BCUT2D eigenvalue weighted by atomic mass is 35.5. The minimum atomic E-state index is -0.584. The molecule has 0 aliphatic heterocycles. The van der Waals surface area contributed by atoms with Gasteiger partial charge in [0.05, 0.1) is 0 Å². The van der Waals surface area contributed by atoms with Crippen molar-refractivity contribution in [3.05, 3.63) is 108 Å². The van der Waals surface area contributed by atoms with Gasteiger partial charge in [0.1, 0.15) is 4.87 Å². The maximum Gasteiger partial charge on any atom is 0.101 e. The summed E-state index contributed by atoms with van der Waals surface area (Å²) in [5, 5.41) is 0. The Hall–Kier alpha value is -1.62. The lowest BCUT2D eigenvalue weighted by atomic mass is 9.74. The highest BCUT2D eigenvalue weighted by Crippen LogP contribution is 2.50. The van der Waals surface area contributed by atoms with Gasteiger partial charge in [-0.1, -0.05) is 201 Å². The fraction of sp³-hybridized carbons (Fsp3) is 0.526. The third-order valence-electron chi connectivity index (χ3n) is 8.42. The Morgan fingerprint density at radius 1 is 0.475 bits per heavy atom. The van der Waals surface area contributed by atoms with Crippen molar-refractivity contribution in [2.24, 2.45) is 0 Å². The molecule has 3 rings (SSSR count). The van der Waals surface area contributed by atoms with Crippen LogP contribution in [0.3, 0.4) is 0 Å². The first-order valence-corrected chi connectivity index (χ1v) is 16.5. The van der Waals surface area contributed by atoms with E-state index in [-0.39, 0.29) is 15.8 Å². The van der Waals surface area contributed by atoms with E-state index in [1.807, 2.05) is 0 Å². The summed E-state index contributed by atoms with van der Waals surface area (Å²) in [4.78, 5) is -0.584. The van der Waals surface area contributed by atoms with Crippen LogP contribution in [-0.4, -0.2) is 0 Å². The van der Waals surface area contributed by atoms with Gasteiger partial charge in [0, 0.05) is 5.92 Å². The third-order valence-corrected chi connectivity index (χ3v) is 9.12. The van der Waals surface area contributed by atoms with Gasteiger partial charge in [0.2, 0.25) is 0 Å². The molecular formula is C38H56ClP. The summed E-state index contributed by atoms with van der Waals surface area (Å²) in [6, 6.07) is 32.4. The molecule has 0 spiro atoms. The second-order valence-electron chi connectivity index (χ2n) is 11.5. The molecule has 3 aromatic carbocycles. The Morgan fingerprint density at radius 2 is 0.800 bits per heavy atom. The van der Waals surface area contributed by atoms with Gasteiger partial charge in [-0.05, 0) is 23.1 Å². The summed E-state index contributed by atoms with van der Waals surface area (Å²) in [7, 11) is 0. The van der Waals surface area contributed by atoms with Gasteiger partial charge >= 0.3 is 0 Å². The van der Waals surface area contributed by atoms with Crippen LogP contribution in [0.15, 0.2) is 91.0 Å². The molecule has 2 atom stereocenters. The number of halogens is 1. The van der Waals surface area contributed by atoms with Crippen molar-refractivity contribution in [3.63, 3.8) is 0 Å². The summed E-state index contributed by atoms with van der Waals surface area (Å²) >= 11 is 7.76. The smallest absolute Gasteiger partial charge is 0.101 e. The molecule has 40 heavy (non-hydrogen) atoms. The van der Waals surface area contributed by atoms with Gasteiger partial charge in [-0.2, -0.15) is 9.90 Å². The van der Waals surface area contributed by atoms with Gasteiger partial charge < -0.3 is 0 Å². The third kappa shape index (κ3) is 11.7. The zero-order valence-corrected chi connectivity index (χ0v) is 27.5. The Balaban J connectivity index is 0.00000560. The van der Waals surface area contributed by atoms with Gasteiger partial charge in [-0.15, -0.1) is 11.6 Å². The van der Waals surface area contributed by atoms with Crippen LogP contribution in [0.2, 0.25) is 0 Å². The summed E-state index contributed by atoms with van der Waals surface area (Å²) in [6.07, 6.45) is 23.4. The fourth-order valence-electron chi connectivity index (χ4n) is 6.11. The van der Waals surface area contributed by atoms with Gasteiger partial charge in [-0.25, -0.2) is 0 Å². The normalized spacial score (nSPS) is 12.2. The highest BCUT2D eigenvalue weighted by molar-refractivity contribution is 6.92. The van der Waals surface area contributed by atoms with Crippen molar-refractivity contribution >= 4 is 21.5 Å². The fourth-order valence-corrected chi connectivity index (χ4v) is 6.59. The van der Waals surface area contributed by atoms with Crippen molar-refractivity contribution in [1.29, 1.82) is 0 Å². The first-order valence-electron chi connectivity index (χ1n) is 16.1. The van der Waals surface area contributed by atoms with Crippen LogP contribution in [0.25, 0.3) is 0 Å². The quantitative estimate of drug-likeness (QED) is 0.0669. The molecular weight excluding hydrogens is 523 g/mol. The van der Waals surface area contributed by atoms with Crippen molar-refractivity contribution in [1.82, 2.24) is 0 Å². The SMILES string of the molecule is CCCCCCCCCCCCCCCCCCC(c1ccccc1)C(Cl)(c1ccccc1)c1ccccc1.P. The van der Waals surface area contributed by atoms with Crippen molar-refractivity contribution in [3.8, 4) is 0 Å². The Bertz CT molecular complexity index is 933. The standard InChI is InChI=1S/C38H53Cl.H3P/c1-2-3-4-5-6-7-8-9-10-11-12-13-14-15-16-26-33-37(34-27-20-17-21-28-34)38(39,35-29-22-18-23-30-35)36-31-24-19-25-32-36;/h17-25,27-32,37H,2-16,26,33H2,1H3;1H3. The average Bonchev–Trinajstić information content (AvgIpc) is 3.00. The molecule has 0 radical (unpaired) electrons. The zero-order valence-electron chi connectivity index (χ0n) is 25.3. The summed E-state index contributed by atoms with van der Waals surface area (Å²) in [6.45, 7) is 2.30. The van der Waals surface area contributed by atoms with Gasteiger partial charge in [0.15, 0.2) is 0 Å². The van der Waals surface area contributed by atoms with Gasteiger partial charge in [0.25, 0.3) is 0 Å². The average molecular weight is 579 g/mol. The Kier molecular flexibility index (Phi) is 18.3. The molecule has 0 saturated carbocycles. The predicted molar refractivity (Wildman–Crippen MR) is 184 cm³/mol. The molecule has 0 aliphatic rings. The lowest BCUT2D eigenvalue weighted by Gasteiger charge is -2.37. The number of hydrogen-bond donors (Lipinski definition) is 0. The van der Waals surface area contributed by atoms with Crippen LogP contribution >= 0.6 is 21.5 Å². The zero-order chi connectivity index (χ0) is 27.4. The molecule has 0 amide bonds. The molecule has 0 nitrogen and oxygen atoms in total. The number of benzene rings is 3. The topological polar surface area (TPSA) is 0 Å². The van der Waals surface area contributed by atoms with Crippen LogP contribution in [0.1, 0.15) is 139 Å². The van der Waals surface area contributed by atoms with E-state index in [0.29, 0.717) is 0 Å². The molecule has 0 saturated heterocycles. The van der Waals surface area contributed by atoms with Crippen molar-refractivity contribution < 1.29 is 0 Å². The second-order valence-corrected chi connectivity index (χ2v) is 12.1. The number of alkyl halides is 1. The summed E-state index contributed by atoms with van der Waals surface area (Å²) in [5.41, 5.74) is 3.70. The van der Waals surface area contributed by atoms with E-state index in [1.54, 1.807) is 0 Å². The lowest BCUT2D eigenvalue weighted by Crippen LogP contribution is -2.29. The van der Waals surface area contributed by atoms with E-state index >= 15 is 0 Å². The van der Waals surface area contributed by atoms with Crippen LogP contribution in [0.5, 0.6) is 0 Å². The van der Waals surface area contributed by atoms with E-state index in [4.69, 9.17) is 11.6 Å². The van der Waals surface area contributed by atoms with Crippen LogP contribution in [-0.2, 0) is 4.87 Å². The molecule has 3 aromatic rings.